The summed E-state index contributed by atoms with van der Waals surface area (Å²) in [5.74, 6) is 0. The van der Waals surface area contributed by atoms with Gasteiger partial charge >= 0.3 is 0 Å². The number of benzene rings is 1. The quantitative estimate of drug-likeness (QED) is 0.737. The summed E-state index contributed by atoms with van der Waals surface area (Å²) in [4.78, 5) is 2.43. The molecule has 0 saturated heterocycles. The molecule has 0 heterocycles. The fraction of sp³-hybridized carbons (Fsp3) is 0.600. The van der Waals surface area contributed by atoms with Crippen molar-refractivity contribution in [3.05, 3.63) is 34.3 Å². The molecule has 1 atom stereocenters. The van der Waals surface area contributed by atoms with E-state index in [0.29, 0.717) is 6.04 Å². The van der Waals surface area contributed by atoms with Gasteiger partial charge < -0.3 is 5.32 Å². The molecule has 0 saturated carbocycles. The van der Waals surface area contributed by atoms with Crippen LogP contribution < -0.4 is 5.32 Å². The first kappa shape index (κ1) is 15.7. The molecule has 0 amide bonds. The maximum Gasteiger partial charge on any atom is 0.0233 e. The van der Waals surface area contributed by atoms with Gasteiger partial charge in [0.15, 0.2) is 0 Å². The van der Waals surface area contributed by atoms with Gasteiger partial charge in [-0.1, -0.05) is 35.0 Å². The molecule has 0 aliphatic rings. The Bertz CT molecular complexity index is 324. The van der Waals surface area contributed by atoms with Crippen LogP contribution in [-0.4, -0.2) is 31.1 Å². The molecule has 102 valence electrons. The van der Waals surface area contributed by atoms with Gasteiger partial charge in [0.2, 0.25) is 0 Å². The van der Waals surface area contributed by atoms with Crippen LogP contribution in [0, 0.1) is 0 Å². The molecule has 3 heteroatoms. The van der Waals surface area contributed by atoms with Crippen LogP contribution in [0.2, 0.25) is 0 Å². The van der Waals surface area contributed by atoms with Crippen LogP contribution in [0.25, 0.3) is 0 Å². The fourth-order valence-corrected chi connectivity index (χ4v) is 2.22. The lowest BCUT2D eigenvalue weighted by atomic mass is 10.1. The minimum atomic E-state index is 0.632. The van der Waals surface area contributed by atoms with E-state index in [-0.39, 0.29) is 0 Å². The lowest BCUT2D eigenvalue weighted by Crippen LogP contribution is -2.29. The molecule has 1 aromatic carbocycles. The number of hydrogen-bond acceptors (Lipinski definition) is 2. The van der Waals surface area contributed by atoms with E-state index in [1.54, 1.807) is 0 Å². The Morgan fingerprint density at radius 3 is 2.56 bits per heavy atom. The van der Waals surface area contributed by atoms with E-state index in [4.69, 9.17) is 0 Å². The maximum atomic E-state index is 3.47. The molecule has 0 aliphatic heterocycles. The van der Waals surface area contributed by atoms with Gasteiger partial charge in [0.05, 0.1) is 0 Å². The van der Waals surface area contributed by atoms with Crippen molar-refractivity contribution in [2.45, 2.75) is 39.3 Å². The van der Waals surface area contributed by atoms with Gasteiger partial charge in [0, 0.05) is 17.1 Å². The largest absolute Gasteiger partial charge is 0.317 e. The summed E-state index contributed by atoms with van der Waals surface area (Å²) in [6, 6.07) is 9.22. The van der Waals surface area contributed by atoms with Gasteiger partial charge in [-0.25, -0.2) is 0 Å². The van der Waals surface area contributed by atoms with E-state index in [1.165, 1.54) is 18.4 Å². The second-order valence-corrected chi connectivity index (χ2v) is 5.80. The third-order valence-electron chi connectivity index (χ3n) is 3.32. The zero-order valence-corrected chi connectivity index (χ0v) is 13.3. The molecule has 0 radical (unpaired) electrons. The molecule has 1 aromatic rings. The van der Waals surface area contributed by atoms with Gasteiger partial charge in [-0.15, -0.1) is 0 Å². The number of nitrogens with zero attached hydrogens (tertiary/aromatic N) is 1. The van der Waals surface area contributed by atoms with Gasteiger partial charge in [0.25, 0.3) is 0 Å². The predicted octanol–water partition coefficient (Wildman–Crippen LogP) is 3.66. The van der Waals surface area contributed by atoms with Crippen LogP contribution in [0.5, 0.6) is 0 Å². The third-order valence-corrected chi connectivity index (χ3v) is 3.85. The van der Waals surface area contributed by atoms with Crippen molar-refractivity contribution < 1.29 is 0 Å². The molecular weight excluding hydrogens is 288 g/mol. The molecule has 1 unspecified atom stereocenters. The SMILES string of the molecule is CCNCCCC(C)N(C)Cc1ccc(Br)cc1. The van der Waals surface area contributed by atoms with E-state index in [2.05, 4.69) is 71.3 Å². The van der Waals surface area contributed by atoms with Crippen molar-refractivity contribution in [3.63, 3.8) is 0 Å². The molecule has 2 nitrogen and oxygen atoms in total. The van der Waals surface area contributed by atoms with Crippen LogP contribution in [0.3, 0.4) is 0 Å². The van der Waals surface area contributed by atoms with Crippen LogP contribution in [0.1, 0.15) is 32.3 Å². The van der Waals surface area contributed by atoms with Crippen molar-refractivity contribution in [2.75, 3.05) is 20.1 Å². The topological polar surface area (TPSA) is 15.3 Å². The Morgan fingerprint density at radius 1 is 1.28 bits per heavy atom. The summed E-state index contributed by atoms with van der Waals surface area (Å²) in [6.45, 7) is 7.69. The first-order chi connectivity index (χ1) is 8.63. The summed E-state index contributed by atoms with van der Waals surface area (Å²) in [5.41, 5.74) is 1.37. The van der Waals surface area contributed by atoms with E-state index < -0.39 is 0 Å². The summed E-state index contributed by atoms with van der Waals surface area (Å²) in [6.07, 6.45) is 2.50. The van der Waals surface area contributed by atoms with E-state index in [9.17, 15) is 0 Å². The van der Waals surface area contributed by atoms with Crippen molar-refractivity contribution in [1.82, 2.24) is 10.2 Å². The Balaban J connectivity index is 2.30. The Morgan fingerprint density at radius 2 is 1.94 bits per heavy atom. The number of hydrogen-bond donors (Lipinski definition) is 1. The highest BCUT2D eigenvalue weighted by molar-refractivity contribution is 9.10. The van der Waals surface area contributed by atoms with Crippen molar-refractivity contribution >= 4 is 15.9 Å². The highest BCUT2D eigenvalue weighted by Gasteiger charge is 2.09. The monoisotopic (exact) mass is 312 g/mol. The molecule has 0 aliphatic carbocycles. The second-order valence-electron chi connectivity index (χ2n) is 4.89. The molecule has 1 N–H and O–H groups in total. The first-order valence-electron chi connectivity index (χ1n) is 6.79. The third kappa shape index (κ3) is 5.98. The second kappa shape index (κ2) is 8.68. The molecule has 1 rings (SSSR count). The molecule has 0 bridgehead atoms. The lowest BCUT2D eigenvalue weighted by Gasteiger charge is -2.24. The summed E-state index contributed by atoms with van der Waals surface area (Å²) < 4.78 is 1.15. The van der Waals surface area contributed by atoms with Gasteiger partial charge in [-0.05, 0) is 57.6 Å². The van der Waals surface area contributed by atoms with Crippen molar-refractivity contribution in [1.29, 1.82) is 0 Å². The molecule has 0 spiro atoms. The van der Waals surface area contributed by atoms with Gasteiger partial charge in [-0.2, -0.15) is 0 Å². The fourth-order valence-electron chi connectivity index (χ4n) is 1.95. The minimum absolute atomic E-state index is 0.632. The van der Waals surface area contributed by atoms with E-state index >= 15 is 0 Å². The van der Waals surface area contributed by atoms with Gasteiger partial charge in [0.1, 0.15) is 0 Å². The smallest absolute Gasteiger partial charge is 0.0233 e. The zero-order valence-electron chi connectivity index (χ0n) is 11.7. The van der Waals surface area contributed by atoms with Crippen molar-refractivity contribution in [3.8, 4) is 0 Å². The van der Waals surface area contributed by atoms with Crippen LogP contribution >= 0.6 is 15.9 Å². The van der Waals surface area contributed by atoms with Crippen LogP contribution in [0.15, 0.2) is 28.7 Å². The Hall–Kier alpha value is -0.380. The molecular formula is C15H25BrN2. The number of rotatable bonds is 8. The standard InChI is InChI=1S/C15H25BrN2/c1-4-17-11-5-6-13(2)18(3)12-14-7-9-15(16)10-8-14/h7-10,13,17H,4-6,11-12H2,1-3H3. The normalized spacial score (nSPS) is 12.9. The number of nitrogens with one attached hydrogen (secondary N) is 1. The van der Waals surface area contributed by atoms with E-state index in [1.807, 2.05) is 0 Å². The van der Waals surface area contributed by atoms with Crippen LogP contribution in [-0.2, 0) is 6.54 Å². The van der Waals surface area contributed by atoms with E-state index in [0.717, 1.165) is 24.1 Å². The van der Waals surface area contributed by atoms with Crippen molar-refractivity contribution in [2.24, 2.45) is 0 Å². The van der Waals surface area contributed by atoms with Crippen LogP contribution in [0.4, 0.5) is 0 Å². The maximum absolute atomic E-state index is 3.47. The Kier molecular flexibility index (Phi) is 7.56. The minimum Gasteiger partial charge on any atom is -0.317 e. The molecule has 18 heavy (non-hydrogen) atoms. The van der Waals surface area contributed by atoms with Gasteiger partial charge in [-0.3, -0.25) is 4.90 Å². The molecule has 0 fully saturated rings. The average molecular weight is 313 g/mol. The Labute approximate surface area is 120 Å². The summed E-state index contributed by atoms with van der Waals surface area (Å²) >= 11 is 3.47. The first-order valence-corrected chi connectivity index (χ1v) is 7.58. The summed E-state index contributed by atoms with van der Waals surface area (Å²) in [7, 11) is 2.21. The molecule has 0 aromatic heterocycles. The average Bonchev–Trinajstić information content (AvgIpc) is 2.37. The highest BCUT2D eigenvalue weighted by atomic mass is 79.9. The zero-order chi connectivity index (χ0) is 13.4. The number of halogens is 1. The lowest BCUT2D eigenvalue weighted by molar-refractivity contribution is 0.234. The summed E-state index contributed by atoms with van der Waals surface area (Å²) in [5, 5.41) is 3.37. The highest BCUT2D eigenvalue weighted by Crippen LogP contribution is 2.13. The predicted molar refractivity (Wildman–Crippen MR) is 82.8 cm³/mol.